The van der Waals surface area contributed by atoms with Gasteiger partial charge >= 0.3 is 0 Å². The second kappa shape index (κ2) is 7.44. The topological polar surface area (TPSA) is 23.5 Å². The summed E-state index contributed by atoms with van der Waals surface area (Å²) in [5.74, 6) is 0. The van der Waals surface area contributed by atoms with Crippen LogP contribution in [0.15, 0.2) is 54.6 Å². The molecule has 2 aromatic rings. The van der Waals surface area contributed by atoms with Crippen LogP contribution in [0.2, 0.25) is 5.02 Å². The molecule has 0 aliphatic heterocycles. The third-order valence-corrected chi connectivity index (χ3v) is 3.59. The van der Waals surface area contributed by atoms with Crippen molar-refractivity contribution >= 4 is 11.6 Å². The van der Waals surface area contributed by atoms with Crippen LogP contribution in [0.25, 0.3) is 0 Å². The van der Waals surface area contributed by atoms with E-state index >= 15 is 0 Å². The summed E-state index contributed by atoms with van der Waals surface area (Å²) in [5, 5.41) is 10.9. The Hall–Kier alpha value is -1.35. The molecule has 0 saturated heterocycles. The highest BCUT2D eigenvalue weighted by Crippen LogP contribution is 2.19. The monoisotopic (exact) mass is 289 g/mol. The van der Waals surface area contributed by atoms with Gasteiger partial charge in [0.25, 0.3) is 0 Å². The molecule has 0 aliphatic rings. The fourth-order valence-corrected chi connectivity index (χ4v) is 2.29. The van der Waals surface area contributed by atoms with Gasteiger partial charge in [-0.15, -0.1) is 0 Å². The standard InChI is InChI=1S/C17H20ClNO/c1-19(13-14-5-3-2-4-6-14)12-11-17(20)15-7-9-16(18)10-8-15/h2-10,17,20H,11-13H2,1H3/t17-/m1/s1. The average molecular weight is 290 g/mol. The van der Waals surface area contributed by atoms with E-state index in [4.69, 9.17) is 11.6 Å². The van der Waals surface area contributed by atoms with Crippen LogP contribution in [-0.2, 0) is 6.54 Å². The number of aliphatic hydroxyl groups is 1. The summed E-state index contributed by atoms with van der Waals surface area (Å²) in [7, 11) is 2.07. The molecule has 0 radical (unpaired) electrons. The number of aliphatic hydroxyl groups excluding tert-OH is 1. The quantitative estimate of drug-likeness (QED) is 0.872. The van der Waals surface area contributed by atoms with E-state index < -0.39 is 6.10 Å². The lowest BCUT2D eigenvalue weighted by molar-refractivity contribution is 0.147. The molecule has 0 aromatic heterocycles. The number of hydrogen-bond acceptors (Lipinski definition) is 2. The third kappa shape index (κ3) is 4.64. The van der Waals surface area contributed by atoms with Crippen molar-refractivity contribution in [3.63, 3.8) is 0 Å². The summed E-state index contributed by atoms with van der Waals surface area (Å²) in [6.45, 7) is 1.74. The summed E-state index contributed by atoms with van der Waals surface area (Å²) >= 11 is 5.84. The van der Waals surface area contributed by atoms with Crippen molar-refractivity contribution in [2.75, 3.05) is 13.6 Å². The molecule has 0 bridgehead atoms. The van der Waals surface area contributed by atoms with Crippen molar-refractivity contribution in [3.8, 4) is 0 Å². The first-order valence-corrected chi connectivity index (χ1v) is 7.19. The highest BCUT2D eigenvalue weighted by Gasteiger charge is 2.09. The molecule has 2 rings (SSSR count). The van der Waals surface area contributed by atoms with Crippen LogP contribution < -0.4 is 0 Å². The lowest BCUT2D eigenvalue weighted by Crippen LogP contribution is -2.20. The maximum Gasteiger partial charge on any atom is 0.0802 e. The van der Waals surface area contributed by atoms with Gasteiger partial charge in [-0.3, -0.25) is 0 Å². The first kappa shape index (κ1) is 15.0. The molecule has 1 N–H and O–H groups in total. The van der Waals surface area contributed by atoms with Crippen molar-refractivity contribution in [1.29, 1.82) is 0 Å². The Labute approximate surface area is 125 Å². The van der Waals surface area contributed by atoms with E-state index in [2.05, 4.69) is 24.1 Å². The maximum absolute atomic E-state index is 10.2. The van der Waals surface area contributed by atoms with Crippen LogP contribution >= 0.6 is 11.6 Å². The summed E-state index contributed by atoms with van der Waals surface area (Å²) in [6, 6.07) is 17.7. The minimum absolute atomic E-state index is 0.439. The first-order chi connectivity index (χ1) is 9.65. The largest absolute Gasteiger partial charge is 0.388 e. The zero-order valence-corrected chi connectivity index (χ0v) is 12.4. The molecule has 0 fully saturated rings. The van der Waals surface area contributed by atoms with Gasteiger partial charge in [0.1, 0.15) is 0 Å². The molecule has 0 saturated carbocycles. The molecule has 0 amide bonds. The third-order valence-electron chi connectivity index (χ3n) is 3.33. The highest BCUT2D eigenvalue weighted by atomic mass is 35.5. The molecule has 3 heteroatoms. The molecule has 0 spiro atoms. The summed E-state index contributed by atoms with van der Waals surface area (Å²) in [5.41, 5.74) is 2.21. The van der Waals surface area contributed by atoms with E-state index in [1.807, 2.05) is 42.5 Å². The first-order valence-electron chi connectivity index (χ1n) is 6.81. The summed E-state index contributed by atoms with van der Waals surface area (Å²) in [4.78, 5) is 2.22. The van der Waals surface area contributed by atoms with Gasteiger partial charge in [-0.1, -0.05) is 54.1 Å². The number of hydrogen-bond donors (Lipinski definition) is 1. The van der Waals surface area contributed by atoms with Gasteiger partial charge in [0.15, 0.2) is 0 Å². The van der Waals surface area contributed by atoms with Crippen molar-refractivity contribution in [1.82, 2.24) is 4.90 Å². The molecule has 20 heavy (non-hydrogen) atoms. The Bertz CT molecular complexity index is 512. The molecule has 0 aliphatic carbocycles. The van der Waals surface area contributed by atoms with Crippen molar-refractivity contribution in [3.05, 3.63) is 70.7 Å². The van der Waals surface area contributed by atoms with E-state index in [9.17, 15) is 5.11 Å². The van der Waals surface area contributed by atoms with Gasteiger partial charge < -0.3 is 10.0 Å². The van der Waals surface area contributed by atoms with Gasteiger partial charge in [-0.05, 0) is 36.7 Å². The number of nitrogens with zero attached hydrogens (tertiary/aromatic N) is 1. The fourth-order valence-electron chi connectivity index (χ4n) is 2.17. The van der Waals surface area contributed by atoms with Gasteiger partial charge in [-0.25, -0.2) is 0 Å². The predicted molar refractivity (Wildman–Crippen MR) is 83.8 cm³/mol. The highest BCUT2D eigenvalue weighted by molar-refractivity contribution is 6.30. The maximum atomic E-state index is 10.2. The molecular formula is C17H20ClNO. The lowest BCUT2D eigenvalue weighted by atomic mass is 10.1. The fraction of sp³-hybridized carbons (Fsp3) is 0.294. The number of halogens is 1. The molecule has 0 unspecified atom stereocenters. The van der Waals surface area contributed by atoms with E-state index in [0.717, 1.165) is 18.7 Å². The number of benzene rings is 2. The van der Waals surface area contributed by atoms with Gasteiger partial charge in [0, 0.05) is 18.1 Å². The van der Waals surface area contributed by atoms with E-state index in [-0.39, 0.29) is 0 Å². The molecule has 2 aromatic carbocycles. The van der Waals surface area contributed by atoms with Gasteiger partial charge in [-0.2, -0.15) is 0 Å². The van der Waals surface area contributed by atoms with E-state index in [1.165, 1.54) is 5.56 Å². The second-order valence-corrected chi connectivity index (χ2v) is 5.52. The minimum atomic E-state index is -0.439. The smallest absolute Gasteiger partial charge is 0.0802 e. The zero-order chi connectivity index (χ0) is 14.4. The summed E-state index contributed by atoms with van der Waals surface area (Å²) < 4.78 is 0. The zero-order valence-electron chi connectivity index (χ0n) is 11.7. The molecule has 106 valence electrons. The Morgan fingerprint density at radius 1 is 1.05 bits per heavy atom. The Morgan fingerprint density at radius 2 is 1.70 bits per heavy atom. The van der Waals surface area contributed by atoms with E-state index in [1.54, 1.807) is 0 Å². The SMILES string of the molecule is CN(CC[C@@H](O)c1ccc(Cl)cc1)Cc1ccccc1. The van der Waals surface area contributed by atoms with Crippen molar-refractivity contribution in [2.24, 2.45) is 0 Å². The molecule has 0 heterocycles. The normalized spacial score (nSPS) is 12.6. The Balaban J connectivity index is 1.81. The van der Waals surface area contributed by atoms with E-state index in [0.29, 0.717) is 11.4 Å². The van der Waals surface area contributed by atoms with Crippen LogP contribution in [0, 0.1) is 0 Å². The summed E-state index contributed by atoms with van der Waals surface area (Å²) in [6.07, 6.45) is 0.274. The average Bonchev–Trinajstić information content (AvgIpc) is 2.46. The Kier molecular flexibility index (Phi) is 5.60. The second-order valence-electron chi connectivity index (χ2n) is 5.08. The molecule has 1 atom stereocenters. The van der Waals surface area contributed by atoms with Crippen molar-refractivity contribution < 1.29 is 5.11 Å². The van der Waals surface area contributed by atoms with Gasteiger partial charge in [0.05, 0.1) is 6.10 Å². The molecular weight excluding hydrogens is 270 g/mol. The van der Waals surface area contributed by atoms with Crippen LogP contribution in [0.1, 0.15) is 23.7 Å². The minimum Gasteiger partial charge on any atom is -0.388 e. The van der Waals surface area contributed by atoms with Crippen LogP contribution in [0.4, 0.5) is 0 Å². The van der Waals surface area contributed by atoms with Crippen LogP contribution in [0.5, 0.6) is 0 Å². The number of rotatable bonds is 6. The molecule has 2 nitrogen and oxygen atoms in total. The predicted octanol–water partition coefficient (Wildman–Crippen LogP) is 3.90. The lowest BCUT2D eigenvalue weighted by Gasteiger charge is -2.19. The van der Waals surface area contributed by atoms with Crippen LogP contribution in [-0.4, -0.2) is 23.6 Å². The van der Waals surface area contributed by atoms with Crippen LogP contribution in [0.3, 0.4) is 0 Å². The van der Waals surface area contributed by atoms with Gasteiger partial charge in [0.2, 0.25) is 0 Å². The Morgan fingerprint density at radius 3 is 2.35 bits per heavy atom. The van der Waals surface area contributed by atoms with Crippen molar-refractivity contribution in [2.45, 2.75) is 19.1 Å².